The fraction of sp³-hybridized carbons (Fsp3) is 0.316. The highest BCUT2D eigenvalue weighted by molar-refractivity contribution is 6.32. The van der Waals surface area contributed by atoms with E-state index in [2.05, 4.69) is 15.2 Å². The summed E-state index contributed by atoms with van der Waals surface area (Å²) in [6, 6.07) is 10.6. The molecule has 8 heteroatoms. The third kappa shape index (κ3) is 5.75. The maximum absolute atomic E-state index is 12.0. The second-order valence-electron chi connectivity index (χ2n) is 6.05. The number of benzene rings is 1. The number of amides is 1. The summed E-state index contributed by atoms with van der Waals surface area (Å²) in [4.78, 5) is 30.0. The van der Waals surface area contributed by atoms with Gasteiger partial charge in [0.1, 0.15) is 5.15 Å². The number of pyridine rings is 1. The summed E-state index contributed by atoms with van der Waals surface area (Å²) in [5.74, 6) is -1.12. The summed E-state index contributed by atoms with van der Waals surface area (Å²) < 4.78 is 10.3. The van der Waals surface area contributed by atoms with Crippen LogP contribution in [-0.2, 0) is 20.8 Å². The number of nitrogens with zero attached hydrogens (tertiary/aromatic N) is 2. The van der Waals surface area contributed by atoms with Crippen molar-refractivity contribution < 1.29 is 19.1 Å². The number of ether oxygens (including phenoxy) is 2. The zero-order valence-electron chi connectivity index (χ0n) is 14.7. The number of hydrogen-bond acceptors (Lipinski definition) is 6. The number of rotatable bonds is 6. The third-order valence-corrected chi connectivity index (χ3v) is 4.36. The number of anilines is 1. The van der Waals surface area contributed by atoms with Crippen molar-refractivity contribution >= 4 is 29.2 Å². The van der Waals surface area contributed by atoms with E-state index < -0.39 is 18.5 Å². The fourth-order valence-electron chi connectivity index (χ4n) is 2.66. The molecule has 0 spiro atoms. The van der Waals surface area contributed by atoms with E-state index in [1.165, 1.54) is 12.3 Å². The summed E-state index contributed by atoms with van der Waals surface area (Å²) in [5, 5.41) is 2.74. The molecule has 1 aliphatic rings. The van der Waals surface area contributed by atoms with E-state index in [-0.39, 0.29) is 10.7 Å². The molecule has 2 aromatic rings. The van der Waals surface area contributed by atoms with Gasteiger partial charge in [-0.2, -0.15) is 0 Å². The molecule has 1 aliphatic heterocycles. The van der Waals surface area contributed by atoms with Gasteiger partial charge in [0, 0.05) is 31.5 Å². The fourth-order valence-corrected chi connectivity index (χ4v) is 2.85. The van der Waals surface area contributed by atoms with E-state index in [9.17, 15) is 9.59 Å². The maximum atomic E-state index is 12.0. The van der Waals surface area contributed by atoms with Crippen LogP contribution in [0.4, 0.5) is 5.69 Å². The molecule has 1 fully saturated rings. The molecule has 2 heterocycles. The Morgan fingerprint density at radius 1 is 1.19 bits per heavy atom. The van der Waals surface area contributed by atoms with Crippen molar-refractivity contribution in [2.75, 3.05) is 38.2 Å². The van der Waals surface area contributed by atoms with Gasteiger partial charge in [-0.15, -0.1) is 0 Å². The highest BCUT2D eigenvalue weighted by Crippen LogP contribution is 2.14. The van der Waals surface area contributed by atoms with Crippen molar-refractivity contribution in [3.8, 4) is 0 Å². The Hall–Kier alpha value is -2.48. The Bertz CT molecular complexity index is 792. The van der Waals surface area contributed by atoms with E-state index in [4.69, 9.17) is 21.1 Å². The van der Waals surface area contributed by atoms with Crippen LogP contribution >= 0.6 is 11.6 Å². The van der Waals surface area contributed by atoms with Gasteiger partial charge < -0.3 is 14.8 Å². The number of aromatic nitrogens is 1. The van der Waals surface area contributed by atoms with Gasteiger partial charge in [0.2, 0.25) is 0 Å². The van der Waals surface area contributed by atoms with Crippen LogP contribution in [0.2, 0.25) is 5.15 Å². The lowest BCUT2D eigenvalue weighted by molar-refractivity contribution is -0.119. The van der Waals surface area contributed by atoms with Gasteiger partial charge in [0.15, 0.2) is 6.61 Å². The number of esters is 1. The molecule has 1 amide bonds. The van der Waals surface area contributed by atoms with Crippen LogP contribution in [0.15, 0.2) is 42.6 Å². The smallest absolute Gasteiger partial charge is 0.341 e. The Morgan fingerprint density at radius 2 is 1.93 bits per heavy atom. The minimum Gasteiger partial charge on any atom is -0.452 e. The first-order valence-corrected chi connectivity index (χ1v) is 8.96. The van der Waals surface area contributed by atoms with Crippen LogP contribution in [0.1, 0.15) is 15.9 Å². The molecule has 1 saturated heterocycles. The number of carbonyl (C=O) groups is 2. The van der Waals surface area contributed by atoms with Gasteiger partial charge in [-0.3, -0.25) is 9.69 Å². The van der Waals surface area contributed by atoms with Crippen molar-refractivity contribution in [3.05, 3.63) is 58.9 Å². The second-order valence-corrected chi connectivity index (χ2v) is 6.41. The van der Waals surface area contributed by atoms with Gasteiger partial charge in [-0.1, -0.05) is 23.7 Å². The Labute approximate surface area is 162 Å². The highest BCUT2D eigenvalue weighted by atomic mass is 35.5. The number of nitrogens with one attached hydrogen (secondary N) is 1. The van der Waals surface area contributed by atoms with Crippen LogP contribution in [0.25, 0.3) is 0 Å². The molecule has 0 saturated carbocycles. The summed E-state index contributed by atoms with van der Waals surface area (Å²) in [6.07, 6.45) is 1.47. The molecule has 0 radical (unpaired) electrons. The van der Waals surface area contributed by atoms with E-state index in [1.54, 1.807) is 6.07 Å². The first-order valence-electron chi connectivity index (χ1n) is 8.58. The zero-order chi connectivity index (χ0) is 19.1. The molecule has 0 atom stereocenters. The monoisotopic (exact) mass is 389 g/mol. The van der Waals surface area contributed by atoms with Crippen LogP contribution in [0.5, 0.6) is 0 Å². The summed E-state index contributed by atoms with van der Waals surface area (Å²) in [5.41, 5.74) is 1.92. The number of halogens is 1. The Morgan fingerprint density at radius 3 is 2.63 bits per heavy atom. The number of carbonyl (C=O) groups excluding carboxylic acids is 2. The van der Waals surface area contributed by atoms with E-state index in [1.807, 2.05) is 24.3 Å². The molecule has 1 aromatic carbocycles. The summed E-state index contributed by atoms with van der Waals surface area (Å²) in [7, 11) is 0. The molecule has 1 N–H and O–H groups in total. The van der Waals surface area contributed by atoms with Gasteiger partial charge in [-0.25, -0.2) is 9.78 Å². The molecule has 27 heavy (non-hydrogen) atoms. The normalized spacial score (nSPS) is 14.6. The molecule has 0 aliphatic carbocycles. The lowest BCUT2D eigenvalue weighted by Gasteiger charge is -2.26. The summed E-state index contributed by atoms with van der Waals surface area (Å²) in [6.45, 7) is 3.81. The van der Waals surface area contributed by atoms with E-state index in [0.29, 0.717) is 5.69 Å². The maximum Gasteiger partial charge on any atom is 0.341 e. The van der Waals surface area contributed by atoms with Crippen LogP contribution in [0, 0.1) is 0 Å². The molecule has 3 rings (SSSR count). The quantitative estimate of drug-likeness (QED) is 0.603. The van der Waals surface area contributed by atoms with Crippen LogP contribution in [0.3, 0.4) is 0 Å². The lowest BCUT2D eigenvalue weighted by Crippen LogP contribution is -2.35. The van der Waals surface area contributed by atoms with Gasteiger partial charge >= 0.3 is 5.97 Å². The van der Waals surface area contributed by atoms with E-state index in [0.717, 1.165) is 38.4 Å². The highest BCUT2D eigenvalue weighted by Gasteiger charge is 2.14. The largest absolute Gasteiger partial charge is 0.452 e. The minimum atomic E-state index is -0.691. The van der Waals surface area contributed by atoms with Crippen molar-refractivity contribution in [3.63, 3.8) is 0 Å². The predicted octanol–water partition coefficient (Wildman–Crippen LogP) is 2.36. The van der Waals surface area contributed by atoms with Crippen molar-refractivity contribution in [2.24, 2.45) is 0 Å². The molecule has 7 nitrogen and oxygen atoms in total. The molecule has 0 unspecified atom stereocenters. The summed E-state index contributed by atoms with van der Waals surface area (Å²) >= 11 is 5.83. The predicted molar refractivity (Wildman–Crippen MR) is 101 cm³/mol. The molecule has 142 valence electrons. The first kappa shape index (κ1) is 19.3. The van der Waals surface area contributed by atoms with Gasteiger partial charge in [0.25, 0.3) is 5.91 Å². The van der Waals surface area contributed by atoms with Crippen LogP contribution < -0.4 is 5.32 Å². The van der Waals surface area contributed by atoms with Crippen molar-refractivity contribution in [1.29, 1.82) is 0 Å². The minimum absolute atomic E-state index is 0.0405. The third-order valence-electron chi connectivity index (χ3n) is 4.06. The first-order chi connectivity index (χ1) is 13.1. The Kier molecular flexibility index (Phi) is 6.75. The number of hydrogen-bond donors (Lipinski definition) is 1. The van der Waals surface area contributed by atoms with Crippen LogP contribution in [-0.4, -0.2) is 54.7 Å². The SMILES string of the molecule is O=C(COC(=O)c1cccnc1Cl)Nc1ccc(CN2CCOCC2)cc1. The zero-order valence-corrected chi connectivity index (χ0v) is 15.4. The van der Waals surface area contributed by atoms with E-state index >= 15 is 0 Å². The number of morpholine rings is 1. The van der Waals surface area contributed by atoms with Crippen molar-refractivity contribution in [1.82, 2.24) is 9.88 Å². The van der Waals surface area contributed by atoms with Gasteiger partial charge in [0.05, 0.1) is 18.8 Å². The Balaban J connectivity index is 1.46. The average molecular weight is 390 g/mol. The molecular weight excluding hydrogens is 370 g/mol. The second kappa shape index (κ2) is 9.45. The van der Waals surface area contributed by atoms with Gasteiger partial charge in [-0.05, 0) is 29.8 Å². The van der Waals surface area contributed by atoms with Crippen molar-refractivity contribution in [2.45, 2.75) is 6.54 Å². The molecular formula is C19H20ClN3O4. The lowest BCUT2D eigenvalue weighted by atomic mass is 10.2. The standard InChI is InChI=1S/C19H20ClN3O4/c20-18-16(2-1-7-21-18)19(25)27-13-17(24)22-15-5-3-14(4-6-15)12-23-8-10-26-11-9-23/h1-7H,8-13H2,(H,22,24). The average Bonchev–Trinajstić information content (AvgIpc) is 2.69. The topological polar surface area (TPSA) is 80.8 Å². The molecule has 1 aromatic heterocycles. The molecule has 0 bridgehead atoms.